The second-order valence-electron chi connectivity index (χ2n) is 8.74. The van der Waals surface area contributed by atoms with Crippen molar-refractivity contribution in [1.29, 1.82) is 0 Å². The Bertz CT molecular complexity index is 908. The Labute approximate surface area is 195 Å². The van der Waals surface area contributed by atoms with Crippen molar-refractivity contribution in [1.82, 2.24) is 10.3 Å². The van der Waals surface area contributed by atoms with Gasteiger partial charge in [-0.15, -0.1) is 0 Å². The molecular weight excluding hydrogens is 420 g/mol. The summed E-state index contributed by atoms with van der Waals surface area (Å²) in [5.74, 6) is 0.205. The summed E-state index contributed by atoms with van der Waals surface area (Å²) < 4.78 is 5.68. The number of amides is 3. The molecule has 0 bridgehead atoms. The lowest BCUT2D eigenvalue weighted by atomic mass is 10.1. The van der Waals surface area contributed by atoms with Crippen LogP contribution in [0.15, 0.2) is 48.7 Å². The fourth-order valence-electron chi connectivity index (χ4n) is 2.98. The molecule has 3 amide bonds. The van der Waals surface area contributed by atoms with E-state index < -0.39 is 5.54 Å². The minimum absolute atomic E-state index is 0.0228. The highest BCUT2D eigenvalue weighted by molar-refractivity contribution is 6.01. The van der Waals surface area contributed by atoms with E-state index in [1.54, 1.807) is 48.7 Å². The first kappa shape index (κ1) is 25.8. The molecule has 0 spiro atoms. The average molecular weight is 455 g/mol. The maximum Gasteiger partial charge on any atom is 0.240 e. The van der Waals surface area contributed by atoms with Crippen molar-refractivity contribution in [2.75, 3.05) is 23.4 Å². The molecule has 178 valence electrons. The molecule has 2 N–H and O–H groups in total. The van der Waals surface area contributed by atoms with Gasteiger partial charge in [-0.25, -0.2) is 4.98 Å². The van der Waals surface area contributed by atoms with Gasteiger partial charge in [0, 0.05) is 30.3 Å². The predicted octanol–water partition coefficient (Wildman–Crippen LogP) is 3.93. The lowest BCUT2D eigenvalue weighted by Gasteiger charge is -2.26. The summed E-state index contributed by atoms with van der Waals surface area (Å²) in [5.41, 5.74) is 0.141. The Hall–Kier alpha value is -3.42. The van der Waals surface area contributed by atoms with Gasteiger partial charge in [0.1, 0.15) is 18.1 Å². The lowest BCUT2D eigenvalue weighted by Crippen LogP contribution is -2.47. The van der Waals surface area contributed by atoms with E-state index in [1.807, 2.05) is 20.8 Å². The van der Waals surface area contributed by atoms with E-state index in [1.165, 1.54) is 4.90 Å². The standard InChI is InChI=1S/C25H34N4O4/c1-5-6-17-33-20-12-10-19(11-13-20)29(18-23(31)28-25(2,3)4)24(32)15-14-22(30)27-21-9-7-8-16-26-21/h7-13,16H,5-6,14-15,17-18H2,1-4H3,(H,28,31)(H,26,27,30). The number of benzene rings is 1. The fraction of sp³-hybridized carbons (Fsp3) is 0.440. The van der Waals surface area contributed by atoms with Gasteiger partial charge in [0.05, 0.1) is 6.61 Å². The van der Waals surface area contributed by atoms with E-state index in [-0.39, 0.29) is 37.1 Å². The van der Waals surface area contributed by atoms with Crippen LogP contribution in [0.25, 0.3) is 0 Å². The summed E-state index contributed by atoms with van der Waals surface area (Å²) >= 11 is 0. The molecule has 0 aliphatic carbocycles. The summed E-state index contributed by atoms with van der Waals surface area (Å²) in [6.07, 6.45) is 3.50. The van der Waals surface area contributed by atoms with Crippen LogP contribution in [0, 0.1) is 0 Å². The van der Waals surface area contributed by atoms with Gasteiger partial charge in [0.15, 0.2) is 0 Å². The summed E-state index contributed by atoms with van der Waals surface area (Å²) in [6.45, 7) is 8.20. The normalized spacial score (nSPS) is 10.9. The molecule has 0 radical (unpaired) electrons. The highest BCUT2D eigenvalue weighted by Crippen LogP contribution is 2.21. The number of hydrogen-bond acceptors (Lipinski definition) is 5. The quantitative estimate of drug-likeness (QED) is 0.501. The topological polar surface area (TPSA) is 101 Å². The molecule has 1 aromatic heterocycles. The van der Waals surface area contributed by atoms with Crippen LogP contribution in [0.4, 0.5) is 11.5 Å². The molecule has 8 heteroatoms. The van der Waals surface area contributed by atoms with Crippen molar-refractivity contribution in [2.24, 2.45) is 0 Å². The van der Waals surface area contributed by atoms with Gasteiger partial charge in [0.2, 0.25) is 17.7 Å². The van der Waals surface area contributed by atoms with Crippen LogP contribution in [0.5, 0.6) is 5.75 Å². The number of carbonyl (C=O) groups is 3. The van der Waals surface area contributed by atoms with Crippen LogP contribution < -0.4 is 20.3 Å². The highest BCUT2D eigenvalue weighted by atomic mass is 16.5. The van der Waals surface area contributed by atoms with Crippen molar-refractivity contribution in [2.45, 2.75) is 58.9 Å². The molecule has 2 rings (SSSR count). The van der Waals surface area contributed by atoms with Gasteiger partial charge in [0.25, 0.3) is 0 Å². The number of carbonyl (C=O) groups excluding carboxylic acids is 3. The summed E-state index contributed by atoms with van der Waals surface area (Å²) in [5, 5.41) is 5.54. The number of nitrogens with zero attached hydrogens (tertiary/aromatic N) is 2. The summed E-state index contributed by atoms with van der Waals surface area (Å²) in [7, 11) is 0. The number of pyridine rings is 1. The third-order valence-corrected chi connectivity index (χ3v) is 4.53. The van der Waals surface area contributed by atoms with Gasteiger partial charge < -0.3 is 20.3 Å². The molecule has 1 heterocycles. The van der Waals surface area contributed by atoms with Crippen LogP contribution in [-0.4, -0.2) is 41.4 Å². The first-order chi connectivity index (χ1) is 15.7. The van der Waals surface area contributed by atoms with E-state index in [2.05, 4.69) is 22.5 Å². The van der Waals surface area contributed by atoms with E-state index in [0.29, 0.717) is 23.9 Å². The molecule has 0 atom stereocenters. The van der Waals surface area contributed by atoms with Crippen LogP contribution in [0.2, 0.25) is 0 Å². The van der Waals surface area contributed by atoms with Crippen LogP contribution in [0.3, 0.4) is 0 Å². The van der Waals surface area contributed by atoms with Gasteiger partial charge in [-0.2, -0.15) is 0 Å². The maximum absolute atomic E-state index is 13.0. The molecule has 0 aliphatic heterocycles. The SMILES string of the molecule is CCCCOc1ccc(N(CC(=O)NC(C)(C)C)C(=O)CCC(=O)Nc2ccccn2)cc1. The van der Waals surface area contributed by atoms with Crippen molar-refractivity contribution in [3.63, 3.8) is 0 Å². The lowest BCUT2D eigenvalue weighted by molar-refractivity contribution is -0.125. The largest absolute Gasteiger partial charge is 0.494 e. The number of ether oxygens (including phenoxy) is 1. The third kappa shape index (κ3) is 9.72. The zero-order chi connectivity index (χ0) is 24.3. The van der Waals surface area contributed by atoms with Crippen molar-refractivity contribution >= 4 is 29.2 Å². The van der Waals surface area contributed by atoms with Crippen LogP contribution >= 0.6 is 0 Å². The Balaban J connectivity index is 2.06. The Kier molecular flexibility index (Phi) is 9.84. The second kappa shape index (κ2) is 12.6. The van der Waals surface area contributed by atoms with Crippen molar-refractivity contribution in [3.8, 4) is 5.75 Å². The predicted molar refractivity (Wildman–Crippen MR) is 129 cm³/mol. The van der Waals surface area contributed by atoms with E-state index in [0.717, 1.165) is 12.8 Å². The molecule has 33 heavy (non-hydrogen) atoms. The van der Waals surface area contributed by atoms with Gasteiger partial charge in [-0.3, -0.25) is 14.4 Å². The Morgan fingerprint density at radius 3 is 2.33 bits per heavy atom. The Morgan fingerprint density at radius 1 is 1.00 bits per heavy atom. The minimum atomic E-state index is -0.425. The third-order valence-electron chi connectivity index (χ3n) is 4.53. The summed E-state index contributed by atoms with van der Waals surface area (Å²) in [4.78, 5) is 43.2. The zero-order valence-electron chi connectivity index (χ0n) is 19.9. The molecule has 0 unspecified atom stereocenters. The fourth-order valence-corrected chi connectivity index (χ4v) is 2.98. The first-order valence-corrected chi connectivity index (χ1v) is 11.2. The minimum Gasteiger partial charge on any atom is -0.494 e. The van der Waals surface area contributed by atoms with Gasteiger partial charge in [-0.05, 0) is 63.6 Å². The number of unbranched alkanes of at least 4 members (excludes halogenated alkanes) is 1. The van der Waals surface area contributed by atoms with Gasteiger partial charge in [-0.1, -0.05) is 19.4 Å². The van der Waals surface area contributed by atoms with E-state index >= 15 is 0 Å². The molecule has 0 saturated heterocycles. The zero-order valence-corrected chi connectivity index (χ0v) is 19.9. The number of anilines is 2. The van der Waals surface area contributed by atoms with E-state index in [4.69, 9.17) is 4.74 Å². The first-order valence-electron chi connectivity index (χ1n) is 11.2. The Morgan fingerprint density at radius 2 is 1.73 bits per heavy atom. The van der Waals surface area contributed by atoms with Crippen LogP contribution in [0.1, 0.15) is 53.4 Å². The highest BCUT2D eigenvalue weighted by Gasteiger charge is 2.22. The van der Waals surface area contributed by atoms with Gasteiger partial charge >= 0.3 is 0 Å². The molecule has 0 saturated carbocycles. The molecule has 1 aromatic carbocycles. The molecular formula is C25H34N4O4. The number of hydrogen-bond donors (Lipinski definition) is 2. The van der Waals surface area contributed by atoms with E-state index in [9.17, 15) is 14.4 Å². The number of rotatable bonds is 11. The summed E-state index contributed by atoms with van der Waals surface area (Å²) in [6, 6.07) is 12.2. The smallest absolute Gasteiger partial charge is 0.240 e. The molecule has 2 aromatic rings. The van der Waals surface area contributed by atoms with Crippen molar-refractivity contribution < 1.29 is 19.1 Å². The van der Waals surface area contributed by atoms with Crippen LogP contribution in [-0.2, 0) is 14.4 Å². The second-order valence-corrected chi connectivity index (χ2v) is 8.74. The average Bonchev–Trinajstić information content (AvgIpc) is 2.76. The van der Waals surface area contributed by atoms with Crippen molar-refractivity contribution in [3.05, 3.63) is 48.7 Å². The maximum atomic E-state index is 13.0. The molecule has 0 fully saturated rings. The monoisotopic (exact) mass is 454 g/mol. The molecule has 8 nitrogen and oxygen atoms in total. The number of aromatic nitrogens is 1. The number of nitrogens with one attached hydrogen (secondary N) is 2. The molecule has 0 aliphatic rings.